The number of amides is 1. The second-order valence-electron chi connectivity index (χ2n) is 6.32. The number of anilines is 1. The molecule has 1 heterocycles. The Bertz CT molecular complexity index is 1070. The standard InChI is InChI=1S/C21H21BrN2O4S/c1-11-6-7-12(2)13(8-11)15-10-29-21(23-15)24-20(25)14-9-16(26-3)18(27-4)19(28-5)17(14)22/h6-10H,1-5H3,(H,23,24,25). The predicted molar refractivity (Wildman–Crippen MR) is 119 cm³/mol. The van der Waals surface area contributed by atoms with Gasteiger partial charge >= 0.3 is 0 Å². The molecule has 1 amide bonds. The van der Waals surface area contributed by atoms with E-state index in [-0.39, 0.29) is 5.91 Å². The van der Waals surface area contributed by atoms with Crippen LogP contribution in [0.25, 0.3) is 11.3 Å². The van der Waals surface area contributed by atoms with Gasteiger partial charge in [0.2, 0.25) is 5.75 Å². The van der Waals surface area contributed by atoms with Gasteiger partial charge in [0.05, 0.1) is 37.1 Å². The number of methoxy groups -OCH3 is 3. The summed E-state index contributed by atoms with van der Waals surface area (Å²) in [6.07, 6.45) is 0. The van der Waals surface area contributed by atoms with Gasteiger partial charge in [0, 0.05) is 10.9 Å². The fourth-order valence-electron chi connectivity index (χ4n) is 2.92. The second kappa shape index (κ2) is 8.84. The van der Waals surface area contributed by atoms with E-state index in [4.69, 9.17) is 14.2 Å². The van der Waals surface area contributed by atoms with Crippen molar-refractivity contribution in [2.24, 2.45) is 0 Å². The van der Waals surface area contributed by atoms with E-state index in [0.717, 1.165) is 22.4 Å². The van der Waals surface area contributed by atoms with Gasteiger partial charge in [-0.05, 0) is 47.5 Å². The Hall–Kier alpha value is -2.58. The number of nitrogens with zero attached hydrogens (tertiary/aromatic N) is 1. The molecule has 1 aromatic heterocycles. The van der Waals surface area contributed by atoms with Crippen LogP contribution in [0, 0.1) is 13.8 Å². The van der Waals surface area contributed by atoms with Crippen LogP contribution in [0.2, 0.25) is 0 Å². The summed E-state index contributed by atoms with van der Waals surface area (Å²) in [7, 11) is 4.52. The molecule has 29 heavy (non-hydrogen) atoms. The fraction of sp³-hybridized carbons (Fsp3) is 0.238. The smallest absolute Gasteiger partial charge is 0.258 e. The minimum absolute atomic E-state index is 0.335. The largest absolute Gasteiger partial charge is 0.493 e. The molecule has 0 aliphatic rings. The van der Waals surface area contributed by atoms with Gasteiger partial charge in [0.15, 0.2) is 16.6 Å². The molecule has 6 nitrogen and oxygen atoms in total. The first kappa shape index (κ1) is 21.1. The molecule has 2 aromatic carbocycles. The summed E-state index contributed by atoms with van der Waals surface area (Å²) in [5, 5.41) is 5.29. The Labute approximate surface area is 182 Å². The van der Waals surface area contributed by atoms with Crippen molar-refractivity contribution < 1.29 is 19.0 Å². The summed E-state index contributed by atoms with van der Waals surface area (Å²) in [4.78, 5) is 17.5. The maximum absolute atomic E-state index is 12.9. The van der Waals surface area contributed by atoms with Crippen molar-refractivity contribution in [3.05, 3.63) is 50.8 Å². The molecule has 0 unspecified atom stereocenters. The number of hydrogen-bond donors (Lipinski definition) is 1. The third-order valence-electron chi connectivity index (χ3n) is 4.41. The van der Waals surface area contributed by atoms with Gasteiger partial charge in [-0.15, -0.1) is 11.3 Å². The molecule has 3 aromatic rings. The maximum Gasteiger partial charge on any atom is 0.258 e. The SMILES string of the molecule is COc1cc(C(=O)Nc2nc(-c3cc(C)ccc3C)cs2)c(Br)c(OC)c1OC. The highest BCUT2D eigenvalue weighted by Gasteiger charge is 2.23. The van der Waals surface area contributed by atoms with Crippen LogP contribution in [0.1, 0.15) is 21.5 Å². The lowest BCUT2D eigenvalue weighted by Gasteiger charge is -2.16. The molecule has 0 aliphatic carbocycles. The molecular weight excluding hydrogens is 456 g/mol. The topological polar surface area (TPSA) is 69.7 Å². The molecular formula is C21H21BrN2O4S. The van der Waals surface area contributed by atoms with Crippen molar-refractivity contribution in [2.45, 2.75) is 13.8 Å². The van der Waals surface area contributed by atoms with Crippen LogP contribution < -0.4 is 19.5 Å². The number of aryl methyl sites for hydroxylation is 2. The predicted octanol–water partition coefficient (Wildman–Crippen LogP) is 5.47. The van der Waals surface area contributed by atoms with Crippen LogP contribution in [0.15, 0.2) is 34.1 Å². The average Bonchev–Trinajstić information content (AvgIpc) is 3.17. The zero-order valence-electron chi connectivity index (χ0n) is 16.8. The van der Waals surface area contributed by atoms with Crippen LogP contribution >= 0.6 is 27.3 Å². The minimum atomic E-state index is -0.335. The first-order valence-electron chi connectivity index (χ1n) is 8.72. The number of carbonyl (C=O) groups excluding carboxylic acids is 1. The minimum Gasteiger partial charge on any atom is -0.493 e. The monoisotopic (exact) mass is 476 g/mol. The number of thiazole rings is 1. The number of nitrogens with one attached hydrogen (secondary N) is 1. The first-order chi connectivity index (χ1) is 13.9. The molecule has 152 valence electrons. The van der Waals surface area contributed by atoms with Crippen molar-refractivity contribution in [1.29, 1.82) is 0 Å². The summed E-state index contributed by atoms with van der Waals surface area (Å²) in [5.41, 5.74) is 4.52. The van der Waals surface area contributed by atoms with Crippen molar-refractivity contribution in [3.8, 4) is 28.5 Å². The lowest BCUT2D eigenvalue weighted by molar-refractivity contribution is 0.102. The molecule has 3 rings (SSSR count). The number of hydrogen-bond acceptors (Lipinski definition) is 6. The van der Waals surface area contributed by atoms with Crippen LogP contribution in [-0.4, -0.2) is 32.2 Å². The molecule has 0 saturated carbocycles. The molecule has 0 spiro atoms. The van der Waals surface area contributed by atoms with E-state index in [1.807, 2.05) is 19.2 Å². The zero-order valence-corrected chi connectivity index (χ0v) is 19.2. The molecule has 0 radical (unpaired) electrons. The van der Waals surface area contributed by atoms with E-state index in [0.29, 0.717) is 32.4 Å². The van der Waals surface area contributed by atoms with Gasteiger partial charge in [-0.1, -0.05) is 17.7 Å². The van der Waals surface area contributed by atoms with E-state index in [9.17, 15) is 4.79 Å². The molecule has 0 bridgehead atoms. The Morgan fingerprint density at radius 2 is 1.79 bits per heavy atom. The van der Waals surface area contributed by atoms with Gasteiger partial charge in [-0.25, -0.2) is 4.98 Å². The van der Waals surface area contributed by atoms with Crippen molar-refractivity contribution in [1.82, 2.24) is 4.98 Å². The summed E-state index contributed by atoms with van der Waals surface area (Å²) in [6, 6.07) is 7.82. The Kier molecular flexibility index (Phi) is 6.44. The first-order valence-corrected chi connectivity index (χ1v) is 10.4. The molecule has 0 fully saturated rings. The Morgan fingerprint density at radius 1 is 1.07 bits per heavy atom. The summed E-state index contributed by atoms with van der Waals surface area (Å²) in [6.45, 7) is 4.08. The quantitative estimate of drug-likeness (QED) is 0.510. The third-order valence-corrected chi connectivity index (χ3v) is 5.95. The second-order valence-corrected chi connectivity index (χ2v) is 7.97. The van der Waals surface area contributed by atoms with Crippen molar-refractivity contribution >= 4 is 38.3 Å². The number of aromatic nitrogens is 1. The number of halogens is 1. The lowest BCUT2D eigenvalue weighted by Crippen LogP contribution is -2.13. The third kappa shape index (κ3) is 4.23. The van der Waals surface area contributed by atoms with Gasteiger partial charge < -0.3 is 14.2 Å². The van der Waals surface area contributed by atoms with Crippen LogP contribution in [0.5, 0.6) is 17.2 Å². The van der Waals surface area contributed by atoms with Crippen LogP contribution in [0.3, 0.4) is 0 Å². The Morgan fingerprint density at radius 3 is 2.45 bits per heavy atom. The molecule has 8 heteroatoms. The number of rotatable bonds is 6. The maximum atomic E-state index is 12.9. The number of carbonyl (C=O) groups is 1. The van der Waals surface area contributed by atoms with Crippen molar-refractivity contribution in [3.63, 3.8) is 0 Å². The van der Waals surface area contributed by atoms with E-state index in [1.165, 1.54) is 32.7 Å². The van der Waals surface area contributed by atoms with E-state index >= 15 is 0 Å². The van der Waals surface area contributed by atoms with Crippen LogP contribution in [0.4, 0.5) is 5.13 Å². The fourth-order valence-corrected chi connectivity index (χ4v) is 4.26. The number of ether oxygens (including phenoxy) is 3. The number of benzene rings is 2. The summed E-state index contributed by atoms with van der Waals surface area (Å²) >= 11 is 4.80. The van der Waals surface area contributed by atoms with E-state index in [1.54, 1.807) is 6.07 Å². The average molecular weight is 477 g/mol. The zero-order chi connectivity index (χ0) is 21.1. The molecule has 0 aliphatic heterocycles. The highest BCUT2D eigenvalue weighted by atomic mass is 79.9. The molecule has 0 atom stereocenters. The van der Waals surface area contributed by atoms with Crippen LogP contribution in [-0.2, 0) is 0 Å². The summed E-state index contributed by atoms with van der Waals surface area (Å²) < 4.78 is 16.6. The van der Waals surface area contributed by atoms with Gasteiger partial charge in [0.1, 0.15) is 0 Å². The highest BCUT2D eigenvalue weighted by molar-refractivity contribution is 9.10. The molecule has 1 N–H and O–H groups in total. The van der Waals surface area contributed by atoms with Gasteiger partial charge in [0.25, 0.3) is 5.91 Å². The van der Waals surface area contributed by atoms with Gasteiger partial charge in [-0.3, -0.25) is 10.1 Å². The lowest BCUT2D eigenvalue weighted by atomic mass is 10.0. The normalized spacial score (nSPS) is 10.6. The Balaban J connectivity index is 1.92. The van der Waals surface area contributed by atoms with Crippen molar-refractivity contribution in [2.75, 3.05) is 26.6 Å². The highest BCUT2D eigenvalue weighted by Crippen LogP contribution is 2.45. The van der Waals surface area contributed by atoms with Gasteiger partial charge in [-0.2, -0.15) is 0 Å². The summed E-state index contributed by atoms with van der Waals surface area (Å²) in [5.74, 6) is 0.850. The van der Waals surface area contributed by atoms with E-state index < -0.39 is 0 Å². The molecule has 0 saturated heterocycles. The van der Waals surface area contributed by atoms with E-state index in [2.05, 4.69) is 44.4 Å².